The summed E-state index contributed by atoms with van der Waals surface area (Å²) >= 11 is 0. The van der Waals surface area contributed by atoms with Crippen LogP contribution in [0.25, 0.3) is 43.8 Å². The first-order valence-corrected chi connectivity index (χ1v) is 16.3. The number of hydrogen-bond acceptors (Lipinski definition) is 3. The molecule has 0 amide bonds. The lowest BCUT2D eigenvalue weighted by molar-refractivity contribution is 0.568. The first-order valence-electron chi connectivity index (χ1n) is 16.3. The van der Waals surface area contributed by atoms with Gasteiger partial charge in [-0.1, -0.05) is 114 Å². The average molecular weight is 598 g/mol. The van der Waals surface area contributed by atoms with Gasteiger partial charge >= 0.3 is 6.92 Å². The van der Waals surface area contributed by atoms with Crippen molar-refractivity contribution >= 4 is 67.6 Å². The van der Waals surface area contributed by atoms with Crippen LogP contribution in [0.1, 0.15) is 52.7 Å². The standard InChI is InChI=1S/C42H36BNO2/c1-41(2,3)26-21-27(42(4,5)6)23-28(22-26)44-32-20-19-25-13-7-8-14-29(25)39(32)43-40-33(44)24-36-37(30-15-9-11-17-34(30)45-36)38(40)31-16-10-12-18-35(31)46-43/h7-24H,1-6H3. The van der Waals surface area contributed by atoms with E-state index >= 15 is 0 Å². The maximum atomic E-state index is 7.09. The van der Waals surface area contributed by atoms with Gasteiger partial charge in [-0.3, -0.25) is 0 Å². The second kappa shape index (κ2) is 9.29. The summed E-state index contributed by atoms with van der Waals surface area (Å²) in [4.78, 5) is 2.48. The highest BCUT2D eigenvalue weighted by Gasteiger charge is 2.45. The van der Waals surface area contributed by atoms with E-state index in [1.807, 2.05) is 0 Å². The second-order valence-corrected chi connectivity index (χ2v) is 15.0. The van der Waals surface area contributed by atoms with Crippen molar-refractivity contribution in [2.75, 3.05) is 4.90 Å². The van der Waals surface area contributed by atoms with Crippen LogP contribution in [0.2, 0.25) is 0 Å². The van der Waals surface area contributed by atoms with Crippen LogP contribution in [0.15, 0.2) is 114 Å². The average Bonchev–Trinajstić information content (AvgIpc) is 3.41. The zero-order valence-corrected chi connectivity index (χ0v) is 27.2. The quantitative estimate of drug-likeness (QED) is 0.176. The number of nitrogens with zero attached hydrogens (tertiary/aromatic N) is 1. The van der Waals surface area contributed by atoms with Crippen molar-refractivity contribution in [3.63, 3.8) is 0 Å². The molecular formula is C42H36BNO2. The minimum absolute atomic E-state index is 0.0231. The summed E-state index contributed by atoms with van der Waals surface area (Å²) < 4.78 is 13.8. The third kappa shape index (κ3) is 3.86. The van der Waals surface area contributed by atoms with Crippen molar-refractivity contribution in [1.82, 2.24) is 0 Å². The lowest BCUT2D eigenvalue weighted by Crippen LogP contribution is -2.56. The van der Waals surface area contributed by atoms with E-state index in [-0.39, 0.29) is 17.7 Å². The zero-order valence-electron chi connectivity index (χ0n) is 27.2. The molecule has 2 aliphatic heterocycles. The van der Waals surface area contributed by atoms with E-state index in [9.17, 15) is 0 Å². The minimum Gasteiger partial charge on any atom is -0.551 e. The Balaban J connectivity index is 1.47. The molecule has 1 aromatic heterocycles. The highest BCUT2D eigenvalue weighted by molar-refractivity contribution is 6.87. The van der Waals surface area contributed by atoms with Crippen molar-refractivity contribution in [2.24, 2.45) is 0 Å². The normalized spacial score (nSPS) is 14.0. The Morgan fingerprint density at radius 3 is 2.02 bits per heavy atom. The molecule has 0 N–H and O–H groups in total. The summed E-state index contributed by atoms with van der Waals surface area (Å²) in [6.07, 6.45) is 0. The highest BCUT2D eigenvalue weighted by Crippen LogP contribution is 2.49. The largest absolute Gasteiger partial charge is 0.551 e. The Morgan fingerprint density at radius 2 is 1.26 bits per heavy atom. The Hall–Kier alpha value is -4.96. The van der Waals surface area contributed by atoms with E-state index in [0.717, 1.165) is 50.3 Å². The predicted octanol–water partition coefficient (Wildman–Crippen LogP) is 10.3. The van der Waals surface area contributed by atoms with Gasteiger partial charge in [0.05, 0.1) is 0 Å². The molecule has 46 heavy (non-hydrogen) atoms. The molecule has 224 valence electrons. The number of anilines is 3. The lowest BCUT2D eigenvalue weighted by Gasteiger charge is -2.41. The molecule has 9 rings (SSSR count). The Labute approximate surface area is 270 Å². The zero-order chi connectivity index (χ0) is 31.5. The van der Waals surface area contributed by atoms with E-state index in [4.69, 9.17) is 9.07 Å². The smallest absolute Gasteiger partial charge is 0.432 e. The molecule has 0 radical (unpaired) electrons. The SMILES string of the molecule is CC(C)(C)c1cc(N2c3cc4oc5ccccc5c4c4c3B(Oc3ccccc3-4)c3c2ccc2ccccc32)cc(C(C)(C)C)c1. The van der Waals surface area contributed by atoms with E-state index in [1.54, 1.807) is 0 Å². The van der Waals surface area contributed by atoms with Gasteiger partial charge < -0.3 is 14.0 Å². The van der Waals surface area contributed by atoms with E-state index in [1.165, 1.54) is 38.4 Å². The first kappa shape index (κ1) is 27.4. The van der Waals surface area contributed by atoms with Gasteiger partial charge in [-0.2, -0.15) is 0 Å². The third-order valence-electron chi connectivity index (χ3n) is 9.95. The Morgan fingerprint density at radius 1 is 0.587 bits per heavy atom. The number of benzene rings is 6. The monoisotopic (exact) mass is 597 g/mol. The molecule has 0 bridgehead atoms. The maximum absolute atomic E-state index is 7.09. The van der Waals surface area contributed by atoms with Crippen LogP contribution in [0.5, 0.6) is 5.75 Å². The van der Waals surface area contributed by atoms with Crippen LogP contribution in [0.3, 0.4) is 0 Å². The molecule has 0 saturated heterocycles. The molecule has 0 unspecified atom stereocenters. The summed E-state index contributed by atoms with van der Waals surface area (Å²) in [5.41, 5.74) is 12.5. The molecule has 0 spiro atoms. The van der Waals surface area contributed by atoms with Gasteiger partial charge in [-0.25, -0.2) is 0 Å². The molecule has 0 fully saturated rings. The molecule has 0 aliphatic carbocycles. The third-order valence-corrected chi connectivity index (χ3v) is 9.95. The number of rotatable bonds is 1. The number of hydrogen-bond donors (Lipinski definition) is 0. The van der Waals surface area contributed by atoms with E-state index in [2.05, 4.69) is 156 Å². The first-order chi connectivity index (χ1) is 22.1. The summed E-state index contributed by atoms with van der Waals surface area (Å²) in [7, 11) is 0. The van der Waals surface area contributed by atoms with Crippen molar-refractivity contribution in [2.45, 2.75) is 52.4 Å². The fourth-order valence-corrected chi connectivity index (χ4v) is 7.55. The van der Waals surface area contributed by atoms with E-state index < -0.39 is 0 Å². The Bertz CT molecular complexity index is 2350. The van der Waals surface area contributed by atoms with Crippen LogP contribution < -0.4 is 20.5 Å². The van der Waals surface area contributed by atoms with Crippen LogP contribution in [-0.2, 0) is 10.8 Å². The lowest BCUT2D eigenvalue weighted by atomic mass is 9.48. The van der Waals surface area contributed by atoms with Gasteiger partial charge in [0, 0.05) is 50.4 Å². The number of para-hydroxylation sites is 2. The van der Waals surface area contributed by atoms with Gasteiger partial charge in [0.2, 0.25) is 0 Å². The van der Waals surface area contributed by atoms with Gasteiger partial charge in [-0.15, -0.1) is 0 Å². The van der Waals surface area contributed by atoms with Crippen LogP contribution in [-0.4, -0.2) is 6.92 Å². The molecule has 0 atom stereocenters. The second-order valence-electron chi connectivity index (χ2n) is 15.0. The van der Waals surface area contributed by atoms with Gasteiger partial charge in [-0.05, 0) is 68.6 Å². The van der Waals surface area contributed by atoms with Crippen molar-refractivity contribution in [3.05, 3.63) is 120 Å². The van der Waals surface area contributed by atoms with Gasteiger partial charge in [0.25, 0.3) is 0 Å². The fourth-order valence-electron chi connectivity index (χ4n) is 7.55. The van der Waals surface area contributed by atoms with E-state index in [0.29, 0.717) is 0 Å². The molecule has 3 nitrogen and oxygen atoms in total. The fraction of sp³-hybridized carbons (Fsp3) is 0.190. The summed E-state index contributed by atoms with van der Waals surface area (Å²) in [6, 6.07) is 39.6. The summed E-state index contributed by atoms with van der Waals surface area (Å²) in [5.74, 6) is 0.904. The Kier molecular flexibility index (Phi) is 5.53. The molecule has 0 saturated carbocycles. The van der Waals surface area contributed by atoms with Crippen molar-refractivity contribution in [1.29, 1.82) is 0 Å². The van der Waals surface area contributed by atoms with Crippen LogP contribution >= 0.6 is 0 Å². The molecule has 2 aliphatic rings. The highest BCUT2D eigenvalue weighted by atomic mass is 16.4. The molecule has 7 aromatic rings. The van der Waals surface area contributed by atoms with Gasteiger partial charge in [0.15, 0.2) is 0 Å². The predicted molar refractivity (Wildman–Crippen MR) is 194 cm³/mol. The van der Waals surface area contributed by atoms with Crippen molar-refractivity contribution in [3.8, 4) is 16.9 Å². The van der Waals surface area contributed by atoms with Crippen LogP contribution in [0, 0.1) is 0 Å². The number of fused-ring (bicyclic) bond motifs is 10. The van der Waals surface area contributed by atoms with Crippen LogP contribution in [0.4, 0.5) is 17.1 Å². The molecular weight excluding hydrogens is 561 g/mol. The maximum Gasteiger partial charge on any atom is 0.432 e. The topological polar surface area (TPSA) is 25.6 Å². The van der Waals surface area contributed by atoms with Crippen molar-refractivity contribution < 1.29 is 9.07 Å². The molecule has 6 aromatic carbocycles. The minimum atomic E-state index is -0.275. The number of furan rings is 1. The summed E-state index contributed by atoms with van der Waals surface area (Å²) in [6.45, 7) is 13.6. The molecule has 3 heterocycles. The van der Waals surface area contributed by atoms with Gasteiger partial charge in [0.1, 0.15) is 16.9 Å². The summed E-state index contributed by atoms with van der Waals surface area (Å²) in [5, 5.41) is 4.71. The molecule has 4 heteroatoms.